The van der Waals surface area contributed by atoms with Gasteiger partial charge in [-0.15, -0.1) is 0 Å². The van der Waals surface area contributed by atoms with Crippen molar-refractivity contribution in [3.05, 3.63) is 58.2 Å². The van der Waals surface area contributed by atoms with Gasteiger partial charge in [0.25, 0.3) is 0 Å². The molecule has 0 spiro atoms. The lowest BCUT2D eigenvalue weighted by atomic mass is 10.2. The fourth-order valence-corrected chi connectivity index (χ4v) is 1.89. The van der Waals surface area contributed by atoms with Crippen LogP contribution in [0.25, 0.3) is 0 Å². The summed E-state index contributed by atoms with van der Waals surface area (Å²) in [5.41, 5.74) is 2.44. The van der Waals surface area contributed by atoms with E-state index in [9.17, 15) is 0 Å². The molecule has 0 aliphatic heterocycles. The van der Waals surface area contributed by atoms with Crippen LogP contribution < -0.4 is 5.32 Å². The summed E-state index contributed by atoms with van der Waals surface area (Å²) in [6.07, 6.45) is 1.82. The molecule has 0 fully saturated rings. The van der Waals surface area contributed by atoms with Gasteiger partial charge in [-0.25, -0.2) is 4.98 Å². The van der Waals surface area contributed by atoms with Crippen molar-refractivity contribution in [2.45, 2.75) is 13.5 Å². The lowest BCUT2D eigenvalue weighted by molar-refractivity contribution is 1.10. The summed E-state index contributed by atoms with van der Waals surface area (Å²) in [5, 5.41) is 3.30. The molecule has 2 nitrogen and oxygen atoms in total. The first kappa shape index (κ1) is 11.1. The van der Waals surface area contributed by atoms with Crippen molar-refractivity contribution in [1.82, 2.24) is 4.98 Å². The third-order valence-electron chi connectivity index (χ3n) is 2.33. The smallest absolute Gasteiger partial charge is 0.126 e. The molecule has 82 valence electrons. The summed E-state index contributed by atoms with van der Waals surface area (Å²) in [4.78, 5) is 4.26. The van der Waals surface area contributed by atoms with Crippen LogP contribution in [0.1, 0.15) is 11.1 Å². The van der Waals surface area contributed by atoms with Gasteiger partial charge in [0, 0.05) is 17.2 Å². The average Bonchev–Trinajstić information content (AvgIpc) is 2.28. The van der Waals surface area contributed by atoms with Gasteiger partial charge in [0.1, 0.15) is 5.82 Å². The number of anilines is 1. The molecule has 0 aliphatic carbocycles. The highest BCUT2D eigenvalue weighted by Gasteiger charge is 1.98. The molecule has 0 atom stereocenters. The molecule has 0 saturated carbocycles. The first-order valence-corrected chi connectivity index (χ1v) is 5.95. The van der Waals surface area contributed by atoms with E-state index in [1.807, 2.05) is 36.5 Å². The van der Waals surface area contributed by atoms with Crippen LogP contribution in [0.4, 0.5) is 5.82 Å². The van der Waals surface area contributed by atoms with E-state index in [1.165, 1.54) is 11.1 Å². The van der Waals surface area contributed by atoms with Crippen LogP contribution in [0.15, 0.2) is 47.1 Å². The quantitative estimate of drug-likeness (QED) is 0.923. The van der Waals surface area contributed by atoms with Crippen LogP contribution in [0, 0.1) is 6.92 Å². The van der Waals surface area contributed by atoms with Crippen molar-refractivity contribution < 1.29 is 0 Å². The minimum Gasteiger partial charge on any atom is -0.366 e. The van der Waals surface area contributed by atoms with Crippen molar-refractivity contribution in [3.8, 4) is 0 Å². The van der Waals surface area contributed by atoms with E-state index in [4.69, 9.17) is 0 Å². The number of hydrogen-bond donors (Lipinski definition) is 1. The summed E-state index contributed by atoms with van der Waals surface area (Å²) in [7, 11) is 0. The van der Waals surface area contributed by atoms with Crippen molar-refractivity contribution in [3.63, 3.8) is 0 Å². The van der Waals surface area contributed by atoms with Crippen molar-refractivity contribution in [1.29, 1.82) is 0 Å². The van der Waals surface area contributed by atoms with Crippen LogP contribution in [-0.2, 0) is 6.54 Å². The molecule has 0 unspecified atom stereocenters. The number of aromatic nitrogens is 1. The number of rotatable bonds is 3. The van der Waals surface area contributed by atoms with E-state index >= 15 is 0 Å². The maximum atomic E-state index is 4.26. The predicted molar refractivity (Wildman–Crippen MR) is 70.4 cm³/mol. The van der Waals surface area contributed by atoms with Gasteiger partial charge in [-0.05, 0) is 36.2 Å². The van der Waals surface area contributed by atoms with E-state index in [0.29, 0.717) is 0 Å². The van der Waals surface area contributed by atoms with Crippen LogP contribution >= 0.6 is 15.9 Å². The Morgan fingerprint density at radius 1 is 1.25 bits per heavy atom. The minimum absolute atomic E-state index is 0.776. The summed E-state index contributed by atoms with van der Waals surface area (Å²) in [5.74, 6) is 0.913. The Hall–Kier alpha value is -1.35. The van der Waals surface area contributed by atoms with Gasteiger partial charge in [0.2, 0.25) is 0 Å². The minimum atomic E-state index is 0.776. The Morgan fingerprint density at radius 2 is 2.06 bits per heavy atom. The fourth-order valence-electron chi connectivity index (χ4n) is 1.46. The van der Waals surface area contributed by atoms with Crippen molar-refractivity contribution in [2.24, 2.45) is 0 Å². The molecule has 1 aromatic carbocycles. The Morgan fingerprint density at radius 3 is 2.81 bits per heavy atom. The Bertz CT molecular complexity index is 483. The Balaban J connectivity index is 2.05. The van der Waals surface area contributed by atoms with E-state index in [1.54, 1.807) is 0 Å². The molecule has 16 heavy (non-hydrogen) atoms. The Labute approximate surface area is 104 Å². The first-order chi connectivity index (χ1) is 7.75. The number of nitrogens with one attached hydrogen (secondary N) is 1. The van der Waals surface area contributed by atoms with Gasteiger partial charge in [-0.1, -0.05) is 34.1 Å². The predicted octanol–water partition coefficient (Wildman–Crippen LogP) is 3.76. The van der Waals surface area contributed by atoms with Gasteiger partial charge in [0.05, 0.1) is 0 Å². The number of aryl methyl sites for hydroxylation is 1. The van der Waals surface area contributed by atoms with Crippen LogP contribution in [0.2, 0.25) is 0 Å². The number of nitrogens with zero attached hydrogens (tertiary/aromatic N) is 1. The second kappa shape index (κ2) is 5.12. The molecule has 2 rings (SSSR count). The normalized spacial score (nSPS) is 10.1. The van der Waals surface area contributed by atoms with Gasteiger partial charge >= 0.3 is 0 Å². The van der Waals surface area contributed by atoms with Gasteiger partial charge in [0.15, 0.2) is 0 Å². The van der Waals surface area contributed by atoms with E-state index in [-0.39, 0.29) is 0 Å². The third kappa shape index (κ3) is 2.83. The second-order valence-electron chi connectivity index (χ2n) is 3.66. The summed E-state index contributed by atoms with van der Waals surface area (Å²) >= 11 is 3.52. The first-order valence-electron chi connectivity index (χ1n) is 5.15. The largest absolute Gasteiger partial charge is 0.366 e. The molecule has 3 heteroatoms. The highest BCUT2D eigenvalue weighted by Crippen LogP contribution is 2.17. The zero-order valence-corrected chi connectivity index (χ0v) is 10.7. The molecule has 2 aromatic rings. The van der Waals surface area contributed by atoms with Crippen molar-refractivity contribution in [2.75, 3.05) is 5.32 Å². The monoisotopic (exact) mass is 276 g/mol. The number of benzene rings is 1. The van der Waals surface area contributed by atoms with Gasteiger partial charge in [-0.2, -0.15) is 0 Å². The molecule has 1 aromatic heterocycles. The fraction of sp³-hybridized carbons (Fsp3) is 0.154. The Kier molecular flexibility index (Phi) is 3.57. The van der Waals surface area contributed by atoms with Crippen molar-refractivity contribution >= 4 is 21.7 Å². The maximum absolute atomic E-state index is 4.26. The van der Waals surface area contributed by atoms with Gasteiger partial charge < -0.3 is 5.32 Å². The topological polar surface area (TPSA) is 24.9 Å². The molecule has 0 radical (unpaired) electrons. The molecule has 1 heterocycles. The number of pyridine rings is 1. The maximum Gasteiger partial charge on any atom is 0.126 e. The van der Waals surface area contributed by atoms with Gasteiger partial charge in [-0.3, -0.25) is 0 Å². The second-order valence-corrected chi connectivity index (χ2v) is 4.52. The molecule has 1 N–H and O–H groups in total. The molecular weight excluding hydrogens is 264 g/mol. The highest BCUT2D eigenvalue weighted by atomic mass is 79.9. The third-order valence-corrected chi connectivity index (χ3v) is 3.11. The molecular formula is C13H13BrN2. The SMILES string of the molecule is Cc1ccnc(NCc2ccccc2Br)c1. The zero-order valence-electron chi connectivity index (χ0n) is 9.07. The zero-order chi connectivity index (χ0) is 11.4. The van der Waals surface area contributed by atoms with Crippen LogP contribution in [0.3, 0.4) is 0 Å². The standard InChI is InChI=1S/C13H13BrN2/c1-10-6-7-15-13(8-10)16-9-11-4-2-3-5-12(11)14/h2-8H,9H2,1H3,(H,15,16). The lowest BCUT2D eigenvalue weighted by Gasteiger charge is -2.07. The summed E-state index contributed by atoms with van der Waals surface area (Å²) in [6, 6.07) is 12.2. The number of halogens is 1. The average molecular weight is 277 g/mol. The van der Waals surface area contributed by atoms with E-state index in [0.717, 1.165) is 16.8 Å². The lowest BCUT2D eigenvalue weighted by Crippen LogP contribution is -2.01. The van der Waals surface area contributed by atoms with Crippen LogP contribution in [0.5, 0.6) is 0 Å². The molecule has 0 aliphatic rings. The highest BCUT2D eigenvalue weighted by molar-refractivity contribution is 9.10. The molecule has 0 bridgehead atoms. The van der Waals surface area contributed by atoms with E-state index < -0.39 is 0 Å². The summed E-state index contributed by atoms with van der Waals surface area (Å²) < 4.78 is 1.12. The molecule has 0 amide bonds. The molecule has 0 saturated heterocycles. The van der Waals surface area contributed by atoms with E-state index in [2.05, 4.69) is 39.2 Å². The number of hydrogen-bond acceptors (Lipinski definition) is 2. The summed E-state index contributed by atoms with van der Waals surface area (Å²) in [6.45, 7) is 2.84. The van der Waals surface area contributed by atoms with Crippen LogP contribution in [-0.4, -0.2) is 4.98 Å².